The molecule has 4 aromatic rings. The van der Waals surface area contributed by atoms with Crippen LogP contribution in [0.4, 0.5) is 20.4 Å². The number of aliphatic hydroxyl groups excluding tert-OH is 2. The van der Waals surface area contributed by atoms with Crippen LogP contribution in [0.25, 0.3) is 22.1 Å². The van der Waals surface area contributed by atoms with Gasteiger partial charge in [0.1, 0.15) is 59.2 Å². The molecule has 0 saturated carbocycles. The van der Waals surface area contributed by atoms with Gasteiger partial charge in [-0.3, -0.25) is 0 Å². The predicted molar refractivity (Wildman–Crippen MR) is 148 cm³/mol. The van der Waals surface area contributed by atoms with Gasteiger partial charge in [-0.05, 0) is 26.0 Å². The average molecular weight is 645 g/mol. The summed E-state index contributed by atoms with van der Waals surface area (Å²) < 4.78 is 46.7. The highest BCUT2D eigenvalue weighted by Crippen LogP contribution is 2.44. The van der Waals surface area contributed by atoms with Crippen molar-refractivity contribution in [3.8, 4) is 0 Å². The van der Waals surface area contributed by atoms with Crippen molar-refractivity contribution in [3.05, 3.63) is 37.2 Å². The lowest BCUT2D eigenvalue weighted by Crippen LogP contribution is -2.41. The molecule has 17 nitrogen and oxygen atoms in total. The molecule has 4 aromatic heterocycles. The first-order chi connectivity index (χ1) is 20.8. The van der Waals surface area contributed by atoms with E-state index in [1.165, 1.54) is 41.8 Å². The first-order valence-corrected chi connectivity index (χ1v) is 14.4. The highest BCUT2D eigenvalue weighted by atomic mass is 31.2. The Hall–Kier alpha value is -3.23. The zero-order valence-corrected chi connectivity index (χ0v) is 24.1. The van der Waals surface area contributed by atoms with Crippen LogP contribution >= 0.6 is 8.38 Å². The fraction of sp³-hybridized carbons (Fsp3) is 0.500. The Morgan fingerprint density at radius 2 is 1.39 bits per heavy atom. The number of aliphatic hydroxyl groups is 4. The summed E-state index contributed by atoms with van der Waals surface area (Å²) >= 11 is 0. The number of hydrogen-bond acceptors (Lipinski definition) is 15. The second-order valence-corrected chi connectivity index (χ2v) is 11.6. The number of rotatable bonds is 7. The smallest absolute Gasteiger partial charge is 0.232 e. The minimum atomic E-state index is -2.28. The standard InChI is InChI=1S/C12H16FN4O6P.C12H15FN4O3/c1-12(19)7(13)10(22-23-24(20)5-18)21-11(12)17-3-2-6-8(14)15-4-16-9(6)17;1-12(19)8(13)7(4-18)20-11(12)17-3-2-6-9(14)15-5-16-10(6)17/h2-4,7,10-11,18-20H,5H2,1H3,(H2,14,15,16);2-3,5,7-8,11,18-19H,4H2,1H3,(H2,14,15,16)/t7-,10+,11+,12?,24?;7-,8+,11-,12?/m01/s1. The lowest BCUT2D eigenvalue weighted by molar-refractivity contribution is -0.327. The van der Waals surface area contributed by atoms with Crippen molar-refractivity contribution in [2.75, 3.05) is 24.4 Å². The molecule has 6 heterocycles. The molecule has 0 amide bonds. The van der Waals surface area contributed by atoms with Gasteiger partial charge in [0.25, 0.3) is 0 Å². The van der Waals surface area contributed by atoms with Crippen molar-refractivity contribution >= 4 is 42.1 Å². The van der Waals surface area contributed by atoms with E-state index in [2.05, 4.69) is 29.5 Å². The fourth-order valence-corrected chi connectivity index (χ4v) is 5.24. The summed E-state index contributed by atoms with van der Waals surface area (Å²) in [6.45, 7) is 2.05. The summed E-state index contributed by atoms with van der Waals surface area (Å²) in [4.78, 5) is 29.7. The third kappa shape index (κ3) is 5.56. The van der Waals surface area contributed by atoms with Crippen LogP contribution in [0.1, 0.15) is 26.3 Å². The largest absolute Gasteiger partial charge is 0.394 e. The number of hydrogen-bond donors (Lipinski definition) is 7. The second kappa shape index (κ2) is 12.3. The molecule has 0 aromatic carbocycles. The first-order valence-electron chi connectivity index (χ1n) is 13.0. The lowest BCUT2D eigenvalue weighted by Gasteiger charge is -2.26. The molecular formula is C24H31F2N8O9P. The van der Waals surface area contributed by atoms with Crippen molar-refractivity contribution in [2.24, 2.45) is 0 Å². The molecular weight excluding hydrogens is 613 g/mol. The number of aromatic nitrogens is 6. The van der Waals surface area contributed by atoms with Crippen molar-refractivity contribution in [3.63, 3.8) is 0 Å². The van der Waals surface area contributed by atoms with E-state index >= 15 is 0 Å². The predicted octanol–water partition coefficient (Wildman–Crippen LogP) is 0.152. The zero-order chi connectivity index (χ0) is 32.0. The second-order valence-electron chi connectivity index (χ2n) is 10.4. The molecule has 0 spiro atoms. The molecule has 2 aliphatic rings. The molecule has 2 saturated heterocycles. The van der Waals surface area contributed by atoms with E-state index < -0.39 is 69.7 Å². The van der Waals surface area contributed by atoms with Crippen LogP contribution < -0.4 is 11.5 Å². The Kier molecular flexibility index (Phi) is 8.98. The van der Waals surface area contributed by atoms with Crippen LogP contribution in [-0.2, 0) is 19.0 Å². The Bertz CT molecular complexity index is 1610. The van der Waals surface area contributed by atoms with Gasteiger partial charge >= 0.3 is 0 Å². The number of nitrogens with two attached hydrogens (primary N) is 2. The van der Waals surface area contributed by atoms with Gasteiger partial charge in [0, 0.05) is 12.4 Å². The topological polar surface area (TPSA) is 252 Å². The average Bonchev–Trinajstić information content (AvgIpc) is 3.72. The van der Waals surface area contributed by atoms with Crippen LogP contribution in [0.2, 0.25) is 0 Å². The monoisotopic (exact) mass is 644 g/mol. The highest BCUT2D eigenvalue weighted by Gasteiger charge is 2.56. The number of ether oxygens (including phenoxy) is 2. The molecule has 2 aliphatic heterocycles. The molecule has 2 fully saturated rings. The van der Waals surface area contributed by atoms with Gasteiger partial charge in [-0.15, -0.1) is 0 Å². The quantitative estimate of drug-likeness (QED) is 0.0803. The normalized spacial score (nSPS) is 32.7. The van der Waals surface area contributed by atoms with Crippen LogP contribution in [0, 0.1) is 0 Å². The van der Waals surface area contributed by atoms with E-state index in [9.17, 15) is 19.0 Å². The molecule has 9 atom stereocenters. The van der Waals surface area contributed by atoms with Gasteiger partial charge in [-0.25, -0.2) is 28.7 Å². The van der Waals surface area contributed by atoms with Crippen LogP contribution in [-0.4, -0.2) is 103 Å². The molecule has 240 valence electrons. The van der Waals surface area contributed by atoms with Crippen LogP contribution in [0.3, 0.4) is 0 Å². The molecule has 6 rings (SSSR count). The molecule has 20 heteroatoms. The van der Waals surface area contributed by atoms with E-state index in [0.29, 0.717) is 27.9 Å². The molecule has 0 aliphatic carbocycles. The van der Waals surface area contributed by atoms with Crippen molar-refractivity contribution in [1.82, 2.24) is 29.1 Å². The number of nitrogens with zero attached hydrogens (tertiary/aromatic N) is 6. The first kappa shape index (κ1) is 32.2. The third-order valence-corrected chi connectivity index (χ3v) is 7.86. The van der Waals surface area contributed by atoms with Gasteiger partial charge in [-0.1, -0.05) is 0 Å². The van der Waals surface area contributed by atoms with Crippen molar-refractivity contribution in [2.45, 2.75) is 62.2 Å². The summed E-state index contributed by atoms with van der Waals surface area (Å²) in [5.74, 6) is 0.528. The summed E-state index contributed by atoms with van der Waals surface area (Å²) in [7, 11) is -2.28. The van der Waals surface area contributed by atoms with Crippen LogP contribution in [0.15, 0.2) is 37.2 Å². The third-order valence-electron chi connectivity index (χ3n) is 7.36. The van der Waals surface area contributed by atoms with E-state index in [4.69, 9.17) is 36.0 Å². The molecule has 3 unspecified atom stereocenters. The molecule has 44 heavy (non-hydrogen) atoms. The lowest BCUT2D eigenvalue weighted by atomic mass is 9.98. The summed E-state index contributed by atoms with van der Waals surface area (Å²) in [6, 6.07) is 3.28. The number of nitrogen functional groups attached to an aromatic ring is 2. The Morgan fingerprint density at radius 3 is 1.86 bits per heavy atom. The van der Waals surface area contributed by atoms with E-state index in [0.717, 1.165) is 0 Å². The Labute approximate surface area is 248 Å². The maximum atomic E-state index is 14.5. The summed E-state index contributed by atoms with van der Waals surface area (Å²) in [6.07, 6.45) is -3.59. The molecule has 0 radical (unpaired) electrons. The summed E-state index contributed by atoms with van der Waals surface area (Å²) in [5.41, 5.74) is 8.52. The number of fused-ring (bicyclic) bond motifs is 2. The highest BCUT2D eigenvalue weighted by molar-refractivity contribution is 7.45. The minimum absolute atomic E-state index is 0.234. The van der Waals surface area contributed by atoms with Gasteiger partial charge in [0.05, 0.1) is 17.4 Å². The zero-order valence-electron chi connectivity index (χ0n) is 23.3. The minimum Gasteiger partial charge on any atom is -0.394 e. The van der Waals surface area contributed by atoms with E-state index in [-0.39, 0.29) is 5.82 Å². The SMILES string of the molecule is CC1(O)[C@@H](F)[C@@H](CO)O[C@H]1n1ccc2c(N)ncnc21.CC1(O)[C@@H](F)[C@@H](OOP(O)CO)O[C@H]1n1ccc2c(N)ncnc21. The van der Waals surface area contributed by atoms with E-state index in [1.807, 2.05) is 0 Å². The Balaban J connectivity index is 0.000000177. The summed E-state index contributed by atoms with van der Waals surface area (Å²) in [5, 5.41) is 39.7. The number of alkyl halides is 2. The number of anilines is 2. The van der Waals surface area contributed by atoms with Gasteiger partial charge < -0.3 is 55.4 Å². The maximum Gasteiger partial charge on any atom is 0.232 e. The van der Waals surface area contributed by atoms with Gasteiger partial charge in [0.15, 0.2) is 24.8 Å². The van der Waals surface area contributed by atoms with Gasteiger partial charge in [0.2, 0.25) is 14.7 Å². The number of halogens is 2. The van der Waals surface area contributed by atoms with E-state index in [1.54, 1.807) is 18.3 Å². The van der Waals surface area contributed by atoms with Crippen molar-refractivity contribution < 1.29 is 53.1 Å². The van der Waals surface area contributed by atoms with Crippen molar-refractivity contribution in [1.29, 1.82) is 0 Å². The van der Waals surface area contributed by atoms with Crippen LogP contribution in [0.5, 0.6) is 0 Å². The molecule has 9 N–H and O–H groups in total. The fourth-order valence-electron chi connectivity index (χ4n) is 5.01. The maximum absolute atomic E-state index is 14.5. The Morgan fingerprint density at radius 1 is 0.886 bits per heavy atom. The molecule has 0 bridgehead atoms. The van der Waals surface area contributed by atoms with Gasteiger partial charge in [-0.2, -0.15) is 9.56 Å².